The summed E-state index contributed by atoms with van der Waals surface area (Å²) in [6.07, 6.45) is -2.49. The summed E-state index contributed by atoms with van der Waals surface area (Å²) >= 11 is 0. The fraction of sp³-hybridized carbons (Fsp3) is 0.438. The highest BCUT2D eigenvalue weighted by Crippen LogP contribution is 2.34. The molecule has 1 aliphatic heterocycles. The van der Waals surface area contributed by atoms with Crippen molar-refractivity contribution in [3.63, 3.8) is 0 Å². The standard InChI is InChI=1S/C14H16FN3O2.C2HF3O2/c15-5-9(6-16)8-20-13-4-3-11-12(17-13)7-18(14(11)19)10-1-2-10;3-2(4,5)1(6)7/h3-5,10H,1-2,6-8,16H2;(H,6,7)/b9-5-;. The molecule has 3 N–H and O–H groups in total. The van der Waals surface area contributed by atoms with Crippen LogP contribution >= 0.6 is 0 Å². The number of carbonyl (C=O) groups excluding carboxylic acids is 1. The van der Waals surface area contributed by atoms with Crippen molar-refractivity contribution < 1.29 is 37.0 Å². The Balaban J connectivity index is 0.000000321. The Morgan fingerprint density at radius 3 is 2.52 bits per heavy atom. The van der Waals surface area contributed by atoms with E-state index in [0.29, 0.717) is 35.9 Å². The molecule has 27 heavy (non-hydrogen) atoms. The van der Waals surface area contributed by atoms with E-state index >= 15 is 0 Å². The number of hydrogen-bond donors (Lipinski definition) is 2. The second kappa shape index (κ2) is 8.33. The van der Waals surface area contributed by atoms with Gasteiger partial charge in [0.15, 0.2) is 0 Å². The van der Waals surface area contributed by atoms with Gasteiger partial charge in [-0.15, -0.1) is 0 Å². The van der Waals surface area contributed by atoms with Crippen molar-refractivity contribution in [2.75, 3.05) is 13.2 Å². The van der Waals surface area contributed by atoms with E-state index < -0.39 is 12.1 Å². The summed E-state index contributed by atoms with van der Waals surface area (Å²) in [7, 11) is 0. The van der Waals surface area contributed by atoms with Crippen LogP contribution in [0.5, 0.6) is 5.88 Å². The highest BCUT2D eigenvalue weighted by Gasteiger charge is 2.39. The molecule has 7 nitrogen and oxygen atoms in total. The molecule has 0 aromatic carbocycles. The number of nitrogens with two attached hydrogens (primary N) is 1. The van der Waals surface area contributed by atoms with Gasteiger partial charge in [0.1, 0.15) is 6.61 Å². The number of ether oxygens (including phenoxy) is 1. The normalized spacial score (nSPS) is 16.6. The summed E-state index contributed by atoms with van der Waals surface area (Å²) < 4.78 is 49.5. The van der Waals surface area contributed by atoms with E-state index in [9.17, 15) is 22.4 Å². The van der Waals surface area contributed by atoms with Crippen molar-refractivity contribution in [2.24, 2.45) is 5.73 Å². The Morgan fingerprint density at radius 1 is 1.41 bits per heavy atom. The van der Waals surface area contributed by atoms with Crippen LogP contribution in [0.3, 0.4) is 0 Å². The van der Waals surface area contributed by atoms with E-state index in [1.54, 1.807) is 12.1 Å². The van der Waals surface area contributed by atoms with E-state index in [4.69, 9.17) is 20.4 Å². The Kier molecular flexibility index (Phi) is 6.37. The molecule has 148 valence electrons. The quantitative estimate of drug-likeness (QED) is 0.744. The van der Waals surface area contributed by atoms with E-state index in [1.165, 1.54) is 0 Å². The predicted molar refractivity (Wildman–Crippen MR) is 84.6 cm³/mol. The number of rotatable bonds is 5. The summed E-state index contributed by atoms with van der Waals surface area (Å²) in [5, 5.41) is 7.12. The zero-order valence-electron chi connectivity index (χ0n) is 14.0. The zero-order valence-corrected chi connectivity index (χ0v) is 14.0. The third-order valence-corrected chi connectivity index (χ3v) is 3.81. The topological polar surface area (TPSA) is 106 Å². The number of aliphatic carboxylic acids is 1. The van der Waals surface area contributed by atoms with Gasteiger partial charge in [-0.1, -0.05) is 0 Å². The maximum atomic E-state index is 12.4. The number of carboxylic acid groups (broad SMARTS) is 1. The van der Waals surface area contributed by atoms with Crippen LogP contribution in [0, 0.1) is 0 Å². The average Bonchev–Trinajstić information content (AvgIpc) is 3.40. The number of fused-ring (bicyclic) bond motifs is 1. The molecule has 1 aromatic rings. The number of pyridine rings is 1. The van der Waals surface area contributed by atoms with E-state index in [1.807, 2.05) is 4.90 Å². The van der Waals surface area contributed by atoms with Crippen LogP contribution < -0.4 is 10.5 Å². The van der Waals surface area contributed by atoms with Crippen LogP contribution in [-0.2, 0) is 11.3 Å². The SMILES string of the molecule is NC/C(=C/F)COc1ccc2c(n1)CN(C1CC1)C2=O.O=C(O)C(F)(F)F. The van der Waals surface area contributed by atoms with E-state index in [-0.39, 0.29) is 19.1 Å². The number of nitrogens with zero attached hydrogens (tertiary/aromatic N) is 2. The Labute approximate surface area is 151 Å². The first-order valence-electron chi connectivity index (χ1n) is 7.89. The number of halogens is 4. The minimum absolute atomic E-state index is 0.0489. The fourth-order valence-corrected chi connectivity index (χ4v) is 2.25. The van der Waals surface area contributed by atoms with Crippen LogP contribution in [0.4, 0.5) is 17.6 Å². The largest absolute Gasteiger partial charge is 0.490 e. The maximum absolute atomic E-state index is 12.4. The van der Waals surface area contributed by atoms with Crippen LogP contribution in [-0.4, -0.2) is 52.2 Å². The fourth-order valence-electron chi connectivity index (χ4n) is 2.25. The number of amides is 1. The highest BCUT2D eigenvalue weighted by molar-refractivity contribution is 5.98. The van der Waals surface area contributed by atoms with Crippen molar-refractivity contribution in [3.05, 3.63) is 35.3 Å². The number of alkyl halides is 3. The maximum Gasteiger partial charge on any atom is 0.490 e. The lowest BCUT2D eigenvalue weighted by Gasteiger charge is -2.12. The molecule has 0 spiro atoms. The van der Waals surface area contributed by atoms with Crippen molar-refractivity contribution in [1.82, 2.24) is 9.88 Å². The molecule has 1 fully saturated rings. The minimum Gasteiger partial charge on any atom is -0.475 e. The first-order valence-corrected chi connectivity index (χ1v) is 7.89. The first-order chi connectivity index (χ1) is 12.7. The van der Waals surface area contributed by atoms with Gasteiger partial charge in [0.25, 0.3) is 5.91 Å². The second-order valence-electron chi connectivity index (χ2n) is 5.87. The molecule has 11 heteroatoms. The van der Waals surface area contributed by atoms with Gasteiger partial charge < -0.3 is 20.5 Å². The lowest BCUT2D eigenvalue weighted by Crippen LogP contribution is -2.25. The molecule has 1 aliphatic carbocycles. The number of aromatic nitrogens is 1. The van der Waals surface area contributed by atoms with Gasteiger partial charge in [-0.25, -0.2) is 14.2 Å². The van der Waals surface area contributed by atoms with Gasteiger partial charge in [0.05, 0.1) is 24.1 Å². The molecule has 2 heterocycles. The molecule has 3 rings (SSSR count). The molecule has 0 bridgehead atoms. The highest BCUT2D eigenvalue weighted by atomic mass is 19.4. The van der Waals surface area contributed by atoms with Gasteiger partial charge in [0, 0.05) is 24.2 Å². The summed E-state index contributed by atoms with van der Waals surface area (Å²) in [6, 6.07) is 3.74. The summed E-state index contributed by atoms with van der Waals surface area (Å²) in [6.45, 7) is 0.715. The van der Waals surface area contributed by atoms with Gasteiger partial charge in [0.2, 0.25) is 5.88 Å². The van der Waals surface area contributed by atoms with Crippen molar-refractivity contribution in [1.29, 1.82) is 0 Å². The Morgan fingerprint density at radius 2 is 2.04 bits per heavy atom. The molecule has 0 unspecified atom stereocenters. The smallest absolute Gasteiger partial charge is 0.475 e. The number of carboxylic acids is 1. The van der Waals surface area contributed by atoms with Crippen LogP contribution in [0.1, 0.15) is 28.9 Å². The second-order valence-corrected chi connectivity index (χ2v) is 5.87. The molecule has 1 saturated carbocycles. The summed E-state index contributed by atoms with van der Waals surface area (Å²) in [5.41, 5.74) is 7.10. The first kappa shape index (κ1) is 20.6. The van der Waals surface area contributed by atoms with Crippen LogP contribution in [0.25, 0.3) is 0 Å². The predicted octanol–water partition coefficient (Wildman–Crippen LogP) is 2.02. The lowest BCUT2D eigenvalue weighted by atomic mass is 10.2. The third-order valence-electron chi connectivity index (χ3n) is 3.81. The van der Waals surface area contributed by atoms with Crippen molar-refractivity contribution in [2.45, 2.75) is 31.6 Å². The average molecular weight is 391 g/mol. The third kappa shape index (κ3) is 5.39. The van der Waals surface area contributed by atoms with Crippen molar-refractivity contribution in [3.8, 4) is 5.88 Å². The van der Waals surface area contributed by atoms with E-state index in [0.717, 1.165) is 18.5 Å². The van der Waals surface area contributed by atoms with Crippen LogP contribution in [0.15, 0.2) is 24.0 Å². The molecule has 0 saturated heterocycles. The number of hydrogen-bond acceptors (Lipinski definition) is 5. The monoisotopic (exact) mass is 391 g/mol. The van der Waals surface area contributed by atoms with Crippen LogP contribution in [0.2, 0.25) is 0 Å². The molecule has 0 atom stereocenters. The van der Waals surface area contributed by atoms with Gasteiger partial charge in [-0.3, -0.25) is 4.79 Å². The van der Waals surface area contributed by atoms with E-state index in [2.05, 4.69) is 4.98 Å². The van der Waals surface area contributed by atoms with Gasteiger partial charge in [-0.2, -0.15) is 13.2 Å². The van der Waals surface area contributed by atoms with Gasteiger partial charge >= 0.3 is 12.1 Å². The Bertz CT molecular complexity index is 748. The molecule has 0 radical (unpaired) electrons. The van der Waals surface area contributed by atoms with Crippen molar-refractivity contribution >= 4 is 11.9 Å². The molecule has 2 aliphatic rings. The van der Waals surface area contributed by atoms with Gasteiger partial charge in [-0.05, 0) is 18.9 Å². The summed E-state index contributed by atoms with van der Waals surface area (Å²) in [4.78, 5) is 27.2. The lowest BCUT2D eigenvalue weighted by molar-refractivity contribution is -0.192. The molecular weight excluding hydrogens is 374 g/mol. The molecular formula is C16H17F4N3O4. The minimum atomic E-state index is -5.08. The zero-order chi connectivity index (χ0) is 20.2. The number of carbonyl (C=O) groups is 2. The summed E-state index contributed by atoms with van der Waals surface area (Å²) in [5.74, 6) is -2.32. The molecule has 1 aromatic heterocycles. The molecule has 1 amide bonds. The Hall–Kier alpha value is -2.69.